The Bertz CT molecular complexity index is 356. The van der Waals surface area contributed by atoms with E-state index in [4.69, 9.17) is 0 Å². The molecule has 1 aromatic rings. The van der Waals surface area contributed by atoms with Gasteiger partial charge in [0.15, 0.2) is 0 Å². The zero-order valence-corrected chi connectivity index (χ0v) is 13.2. The molecule has 0 bridgehead atoms. The maximum atomic E-state index is 11.6. The molecule has 1 aromatic heterocycles. The van der Waals surface area contributed by atoms with Crippen LogP contribution in [0.3, 0.4) is 0 Å². The third-order valence-corrected chi connectivity index (χ3v) is 5.20. The summed E-state index contributed by atoms with van der Waals surface area (Å²) >= 11 is 0. The van der Waals surface area contributed by atoms with Gasteiger partial charge < -0.3 is 5.32 Å². The second-order valence-corrected chi connectivity index (χ2v) is 6.75. The van der Waals surface area contributed by atoms with Crippen LogP contribution in [0.25, 0.3) is 0 Å². The van der Waals surface area contributed by atoms with Crippen LogP contribution in [0.4, 0.5) is 0 Å². The molecule has 0 radical (unpaired) electrons. The summed E-state index contributed by atoms with van der Waals surface area (Å²) in [6.07, 6.45) is 4.61. The van der Waals surface area contributed by atoms with Gasteiger partial charge >= 0.3 is 0 Å². The van der Waals surface area contributed by atoms with E-state index in [-0.39, 0.29) is 5.91 Å². The van der Waals surface area contributed by atoms with Crippen LogP contribution in [0.1, 0.15) is 33.1 Å². The maximum absolute atomic E-state index is 11.6. The van der Waals surface area contributed by atoms with Gasteiger partial charge in [0.2, 0.25) is 5.91 Å². The zero-order valence-electron chi connectivity index (χ0n) is 11.6. The number of amides is 1. The minimum Gasteiger partial charge on any atom is -0.356 e. The quantitative estimate of drug-likeness (QED) is 0.557. The molecule has 0 aromatic carbocycles. The molecule has 19 heavy (non-hydrogen) atoms. The van der Waals surface area contributed by atoms with E-state index in [1.165, 1.54) is 0 Å². The summed E-state index contributed by atoms with van der Waals surface area (Å²) in [6.45, 7) is 5.14. The molecule has 1 N–H and O–H groups in total. The van der Waals surface area contributed by atoms with E-state index in [0.29, 0.717) is 12.3 Å². The summed E-state index contributed by atoms with van der Waals surface area (Å²) < 4.78 is 0. The normalized spacial score (nSPS) is 10.7. The molecule has 0 aliphatic carbocycles. The summed E-state index contributed by atoms with van der Waals surface area (Å²) in [4.78, 5) is 15.9. The average molecular weight is 298 g/mol. The van der Waals surface area contributed by atoms with Crippen LogP contribution in [0, 0.1) is 5.92 Å². The van der Waals surface area contributed by atoms with Crippen molar-refractivity contribution in [3.05, 3.63) is 24.4 Å². The predicted octanol–water partition coefficient (Wildman–Crippen LogP) is 3.76. The Morgan fingerprint density at radius 3 is 2.79 bits per heavy atom. The molecule has 1 amide bonds. The van der Waals surface area contributed by atoms with Crippen molar-refractivity contribution < 1.29 is 4.79 Å². The van der Waals surface area contributed by atoms with Crippen molar-refractivity contribution >= 4 is 27.5 Å². The van der Waals surface area contributed by atoms with Crippen LogP contribution in [0.2, 0.25) is 0 Å². The fourth-order valence-electron chi connectivity index (χ4n) is 1.56. The first-order chi connectivity index (χ1) is 9.26. The van der Waals surface area contributed by atoms with E-state index in [0.717, 1.165) is 30.2 Å². The lowest BCUT2D eigenvalue weighted by Gasteiger charge is -2.12. The first-order valence-electron chi connectivity index (χ1n) is 6.73. The minimum atomic E-state index is 0.154. The highest BCUT2D eigenvalue weighted by Crippen LogP contribution is 2.29. The van der Waals surface area contributed by atoms with Crippen molar-refractivity contribution in [2.45, 2.75) is 38.1 Å². The van der Waals surface area contributed by atoms with Gasteiger partial charge in [-0.05, 0) is 28.8 Å². The lowest BCUT2D eigenvalue weighted by atomic mass is 10.0. The molecular formula is C14H22N2OS2. The lowest BCUT2D eigenvalue weighted by Crippen LogP contribution is -2.29. The third-order valence-electron chi connectivity index (χ3n) is 2.94. The second-order valence-electron chi connectivity index (χ2n) is 4.31. The Labute approximate surface area is 123 Å². The molecule has 0 unspecified atom stereocenters. The molecule has 0 atom stereocenters. The van der Waals surface area contributed by atoms with Crippen molar-refractivity contribution in [3.63, 3.8) is 0 Å². The molecular weight excluding hydrogens is 276 g/mol. The van der Waals surface area contributed by atoms with Crippen molar-refractivity contribution in [2.24, 2.45) is 5.92 Å². The maximum Gasteiger partial charge on any atom is 0.220 e. The number of hydrogen-bond acceptors (Lipinski definition) is 4. The Morgan fingerprint density at radius 1 is 1.37 bits per heavy atom. The molecule has 1 heterocycles. The SMILES string of the molecule is CCC(CC)CNC(=O)CCSSc1ccccn1. The largest absolute Gasteiger partial charge is 0.356 e. The van der Waals surface area contributed by atoms with Crippen LogP contribution in [0.5, 0.6) is 0 Å². The van der Waals surface area contributed by atoms with Crippen molar-refractivity contribution in [2.75, 3.05) is 12.3 Å². The second kappa shape index (κ2) is 10.1. The van der Waals surface area contributed by atoms with E-state index in [9.17, 15) is 4.79 Å². The van der Waals surface area contributed by atoms with E-state index in [1.54, 1.807) is 27.8 Å². The smallest absolute Gasteiger partial charge is 0.220 e. The molecule has 0 aliphatic heterocycles. The number of carbonyl (C=O) groups excluding carboxylic acids is 1. The summed E-state index contributed by atoms with van der Waals surface area (Å²) in [5, 5.41) is 4.00. The van der Waals surface area contributed by atoms with Crippen LogP contribution < -0.4 is 5.32 Å². The molecule has 0 saturated heterocycles. The van der Waals surface area contributed by atoms with E-state index >= 15 is 0 Å². The Morgan fingerprint density at radius 2 is 2.16 bits per heavy atom. The van der Waals surface area contributed by atoms with Gasteiger partial charge in [-0.2, -0.15) is 0 Å². The van der Waals surface area contributed by atoms with Crippen molar-refractivity contribution in [1.82, 2.24) is 10.3 Å². The van der Waals surface area contributed by atoms with Crippen LogP contribution >= 0.6 is 21.6 Å². The molecule has 0 fully saturated rings. The number of nitrogens with zero attached hydrogens (tertiary/aromatic N) is 1. The van der Waals surface area contributed by atoms with Gasteiger partial charge in [-0.25, -0.2) is 4.98 Å². The predicted molar refractivity (Wildman–Crippen MR) is 84.3 cm³/mol. The standard InChI is InChI=1S/C14H22N2OS2/c1-3-12(4-2)11-16-13(17)8-10-18-19-14-7-5-6-9-15-14/h5-7,9,12H,3-4,8,10-11H2,1-2H3,(H,16,17). The first-order valence-corrected chi connectivity index (χ1v) is 9.05. The highest BCUT2D eigenvalue weighted by atomic mass is 33.1. The van der Waals surface area contributed by atoms with E-state index in [1.807, 2.05) is 18.2 Å². The zero-order chi connectivity index (χ0) is 13.9. The van der Waals surface area contributed by atoms with Crippen molar-refractivity contribution in [1.29, 1.82) is 0 Å². The topological polar surface area (TPSA) is 42.0 Å². The summed E-state index contributed by atoms with van der Waals surface area (Å²) in [7, 11) is 3.30. The number of pyridine rings is 1. The molecule has 3 nitrogen and oxygen atoms in total. The van der Waals surface area contributed by atoms with E-state index < -0.39 is 0 Å². The van der Waals surface area contributed by atoms with Gasteiger partial charge in [0.25, 0.3) is 0 Å². The summed E-state index contributed by atoms with van der Waals surface area (Å²) in [5.74, 6) is 1.58. The van der Waals surface area contributed by atoms with Gasteiger partial charge in [0, 0.05) is 24.9 Å². The third kappa shape index (κ3) is 7.47. The molecule has 0 aliphatic rings. The molecule has 5 heteroatoms. The fraction of sp³-hybridized carbons (Fsp3) is 0.571. The van der Waals surface area contributed by atoms with Crippen LogP contribution in [0.15, 0.2) is 29.4 Å². The summed E-state index contributed by atoms with van der Waals surface area (Å²) in [6, 6.07) is 5.85. The molecule has 106 valence electrons. The lowest BCUT2D eigenvalue weighted by molar-refractivity contribution is -0.120. The van der Waals surface area contributed by atoms with Gasteiger partial charge in [0.05, 0.1) is 0 Å². The van der Waals surface area contributed by atoms with Crippen molar-refractivity contribution in [3.8, 4) is 0 Å². The Hall–Kier alpha value is -0.680. The van der Waals surface area contributed by atoms with Crippen LogP contribution in [-0.2, 0) is 4.79 Å². The number of rotatable bonds is 9. The number of aromatic nitrogens is 1. The first kappa shape index (κ1) is 16.4. The van der Waals surface area contributed by atoms with E-state index in [2.05, 4.69) is 24.1 Å². The fourth-order valence-corrected chi connectivity index (χ4v) is 3.43. The van der Waals surface area contributed by atoms with Gasteiger partial charge in [0.1, 0.15) is 5.03 Å². The number of hydrogen-bond donors (Lipinski definition) is 1. The van der Waals surface area contributed by atoms with Gasteiger partial charge in [-0.15, -0.1) is 0 Å². The molecule has 1 rings (SSSR count). The molecule has 0 saturated carbocycles. The molecule has 0 spiro atoms. The average Bonchev–Trinajstić information content (AvgIpc) is 2.46. The monoisotopic (exact) mass is 298 g/mol. The number of carbonyl (C=O) groups is 1. The van der Waals surface area contributed by atoms with Crippen LogP contribution in [-0.4, -0.2) is 23.2 Å². The highest BCUT2D eigenvalue weighted by Gasteiger charge is 2.06. The highest BCUT2D eigenvalue weighted by molar-refractivity contribution is 8.76. The summed E-state index contributed by atoms with van der Waals surface area (Å²) in [5.41, 5.74) is 0. The Balaban J connectivity index is 2.07. The number of nitrogens with one attached hydrogen (secondary N) is 1. The Kier molecular flexibility index (Phi) is 8.75. The van der Waals surface area contributed by atoms with Gasteiger partial charge in [-0.3, -0.25) is 4.79 Å². The minimum absolute atomic E-state index is 0.154. The van der Waals surface area contributed by atoms with Gasteiger partial charge in [-0.1, -0.05) is 43.5 Å².